The zero-order chi connectivity index (χ0) is 17.8. The van der Waals surface area contributed by atoms with E-state index in [1.54, 1.807) is 12.1 Å². The van der Waals surface area contributed by atoms with E-state index in [-0.39, 0.29) is 35.7 Å². The lowest BCUT2D eigenvalue weighted by molar-refractivity contribution is 0.199. The number of benzene rings is 2. The van der Waals surface area contributed by atoms with Gasteiger partial charge in [0.15, 0.2) is 11.6 Å². The lowest BCUT2D eigenvalue weighted by Gasteiger charge is -2.34. The number of fused-ring (bicyclic) bond motifs is 1. The number of ether oxygens (including phenoxy) is 1. The van der Waals surface area contributed by atoms with Gasteiger partial charge in [-0.3, -0.25) is 0 Å². The minimum absolute atomic E-state index is 0.00938. The second-order valence-corrected chi connectivity index (χ2v) is 7.41. The van der Waals surface area contributed by atoms with Crippen molar-refractivity contribution in [3.8, 4) is 5.75 Å². The van der Waals surface area contributed by atoms with Crippen molar-refractivity contribution in [3.63, 3.8) is 0 Å². The van der Waals surface area contributed by atoms with Crippen LogP contribution in [0.2, 0.25) is 5.02 Å². The lowest BCUT2D eigenvalue weighted by Crippen LogP contribution is -2.35. The summed E-state index contributed by atoms with van der Waals surface area (Å²) in [6.45, 7) is 1.26. The number of nitrogens with one attached hydrogen (secondary N) is 1. The van der Waals surface area contributed by atoms with Crippen LogP contribution in [0.25, 0.3) is 0 Å². The van der Waals surface area contributed by atoms with E-state index in [2.05, 4.69) is 5.32 Å². The van der Waals surface area contributed by atoms with Gasteiger partial charge in [0.05, 0.1) is 13.2 Å². The van der Waals surface area contributed by atoms with E-state index in [9.17, 15) is 8.78 Å². The molecule has 0 bridgehead atoms. The Kier molecular flexibility index (Phi) is 6.17. The number of hydrogen-bond donors (Lipinski definition) is 2. The van der Waals surface area contributed by atoms with Crippen LogP contribution in [-0.2, 0) is 0 Å². The standard InChI is InChI=1S/C18H18ClF2NO2S/c19-12-1-3-13(4-2-12)25-18-11(9-22-7-8-23)10-24-17-15(21)6-5-14(20)16(17)18/h1-6,11,18,22-23H,7-10H2. The molecule has 0 amide bonds. The van der Waals surface area contributed by atoms with Crippen molar-refractivity contribution in [1.29, 1.82) is 0 Å². The molecule has 0 aromatic heterocycles. The van der Waals surface area contributed by atoms with Crippen LogP contribution in [-0.4, -0.2) is 31.4 Å². The Morgan fingerprint density at radius 3 is 2.60 bits per heavy atom. The Bertz CT molecular complexity index is 730. The number of rotatable bonds is 6. The van der Waals surface area contributed by atoms with Gasteiger partial charge in [0.2, 0.25) is 0 Å². The van der Waals surface area contributed by atoms with Crippen molar-refractivity contribution < 1.29 is 18.6 Å². The molecular weight excluding hydrogens is 368 g/mol. The van der Waals surface area contributed by atoms with Crippen LogP contribution in [0.4, 0.5) is 8.78 Å². The minimum atomic E-state index is -0.556. The number of aliphatic hydroxyl groups excluding tert-OH is 1. The predicted octanol–water partition coefficient (Wildman–Crippen LogP) is 4.04. The molecule has 0 saturated heterocycles. The van der Waals surface area contributed by atoms with Crippen LogP contribution in [0.5, 0.6) is 5.75 Å². The molecule has 0 radical (unpaired) electrons. The highest BCUT2D eigenvalue weighted by Gasteiger charge is 2.35. The summed E-state index contributed by atoms with van der Waals surface area (Å²) in [6, 6.07) is 9.48. The Labute approximate surface area is 154 Å². The van der Waals surface area contributed by atoms with Gasteiger partial charge in [0.25, 0.3) is 0 Å². The highest BCUT2D eigenvalue weighted by molar-refractivity contribution is 7.99. The highest BCUT2D eigenvalue weighted by Crippen LogP contribution is 2.49. The van der Waals surface area contributed by atoms with Gasteiger partial charge in [0, 0.05) is 39.7 Å². The molecule has 0 fully saturated rings. The van der Waals surface area contributed by atoms with Gasteiger partial charge in [-0.05, 0) is 36.4 Å². The molecule has 2 N–H and O–H groups in total. The molecule has 1 aliphatic heterocycles. The third-order valence-corrected chi connectivity index (χ3v) is 5.69. The van der Waals surface area contributed by atoms with Crippen molar-refractivity contribution in [3.05, 3.63) is 58.6 Å². The summed E-state index contributed by atoms with van der Waals surface area (Å²) in [5.41, 5.74) is 0.252. The van der Waals surface area contributed by atoms with Crippen molar-refractivity contribution in [2.75, 3.05) is 26.3 Å². The lowest BCUT2D eigenvalue weighted by atomic mass is 9.95. The Morgan fingerprint density at radius 1 is 1.16 bits per heavy atom. The summed E-state index contributed by atoms with van der Waals surface area (Å²) >= 11 is 7.38. The van der Waals surface area contributed by atoms with Crippen molar-refractivity contribution in [2.24, 2.45) is 5.92 Å². The Balaban J connectivity index is 1.92. The first kappa shape index (κ1) is 18.5. The molecule has 134 valence electrons. The SMILES string of the molecule is OCCNCC1COc2c(F)ccc(F)c2C1Sc1ccc(Cl)cc1. The van der Waals surface area contributed by atoms with E-state index in [4.69, 9.17) is 21.4 Å². The smallest absolute Gasteiger partial charge is 0.165 e. The van der Waals surface area contributed by atoms with Crippen molar-refractivity contribution >= 4 is 23.4 Å². The van der Waals surface area contributed by atoms with Crippen LogP contribution in [0.3, 0.4) is 0 Å². The van der Waals surface area contributed by atoms with Gasteiger partial charge in [-0.1, -0.05) is 11.6 Å². The number of aliphatic hydroxyl groups is 1. The third kappa shape index (κ3) is 4.26. The summed E-state index contributed by atoms with van der Waals surface area (Å²) in [4.78, 5) is 0.915. The van der Waals surface area contributed by atoms with Gasteiger partial charge in [-0.2, -0.15) is 0 Å². The van der Waals surface area contributed by atoms with Crippen molar-refractivity contribution in [2.45, 2.75) is 10.1 Å². The summed E-state index contributed by atoms with van der Waals surface area (Å²) in [5.74, 6) is -1.12. The fourth-order valence-electron chi connectivity index (χ4n) is 2.82. The van der Waals surface area contributed by atoms with Gasteiger partial charge >= 0.3 is 0 Å². The molecule has 2 aromatic carbocycles. The monoisotopic (exact) mass is 385 g/mol. The molecule has 3 rings (SSSR count). The molecule has 25 heavy (non-hydrogen) atoms. The van der Waals surface area contributed by atoms with Gasteiger partial charge in [0.1, 0.15) is 5.82 Å². The van der Waals surface area contributed by atoms with Crippen LogP contribution in [0.1, 0.15) is 10.8 Å². The van der Waals surface area contributed by atoms with Gasteiger partial charge in [-0.25, -0.2) is 8.78 Å². The maximum Gasteiger partial charge on any atom is 0.165 e. The van der Waals surface area contributed by atoms with Crippen LogP contribution in [0.15, 0.2) is 41.3 Å². The second-order valence-electron chi connectivity index (χ2n) is 5.76. The molecule has 0 aliphatic carbocycles. The summed E-state index contributed by atoms with van der Waals surface area (Å²) in [7, 11) is 0. The Morgan fingerprint density at radius 2 is 1.88 bits per heavy atom. The molecule has 0 saturated carbocycles. The van der Waals surface area contributed by atoms with Crippen LogP contribution in [0, 0.1) is 17.6 Å². The number of halogens is 3. The largest absolute Gasteiger partial charge is 0.490 e. The fraction of sp³-hybridized carbons (Fsp3) is 0.333. The minimum Gasteiger partial charge on any atom is -0.490 e. The molecular formula is C18H18ClF2NO2S. The normalized spacial score (nSPS) is 19.4. The van der Waals surface area contributed by atoms with E-state index >= 15 is 0 Å². The molecule has 3 nitrogen and oxygen atoms in total. The first-order chi connectivity index (χ1) is 12.1. The Hall–Kier alpha value is -1.34. The second kappa shape index (κ2) is 8.36. The summed E-state index contributed by atoms with van der Waals surface area (Å²) < 4.78 is 34.1. The van der Waals surface area contributed by atoms with E-state index in [0.29, 0.717) is 18.1 Å². The maximum atomic E-state index is 14.5. The molecule has 0 spiro atoms. The zero-order valence-electron chi connectivity index (χ0n) is 13.3. The number of thioether (sulfide) groups is 1. The fourth-order valence-corrected chi connectivity index (χ4v) is 4.24. The molecule has 2 atom stereocenters. The molecule has 1 heterocycles. The third-order valence-electron chi connectivity index (χ3n) is 4.02. The van der Waals surface area contributed by atoms with Crippen molar-refractivity contribution in [1.82, 2.24) is 5.32 Å². The average Bonchev–Trinajstić information content (AvgIpc) is 2.61. The predicted molar refractivity (Wildman–Crippen MR) is 95.3 cm³/mol. The highest BCUT2D eigenvalue weighted by atomic mass is 35.5. The maximum absolute atomic E-state index is 14.5. The first-order valence-corrected chi connectivity index (χ1v) is 9.20. The number of hydrogen-bond acceptors (Lipinski definition) is 4. The van der Waals surface area contributed by atoms with Gasteiger partial charge in [-0.15, -0.1) is 11.8 Å². The molecule has 7 heteroatoms. The molecule has 1 aliphatic rings. The average molecular weight is 386 g/mol. The first-order valence-electron chi connectivity index (χ1n) is 7.94. The van der Waals surface area contributed by atoms with E-state index in [1.807, 2.05) is 12.1 Å². The zero-order valence-corrected chi connectivity index (χ0v) is 14.9. The summed E-state index contributed by atoms with van der Waals surface area (Å²) in [6.07, 6.45) is 0. The quantitative estimate of drug-likeness (QED) is 0.736. The molecule has 2 aromatic rings. The summed E-state index contributed by atoms with van der Waals surface area (Å²) in [5, 5.41) is 12.4. The van der Waals surface area contributed by atoms with E-state index < -0.39 is 11.6 Å². The van der Waals surface area contributed by atoms with Crippen LogP contribution < -0.4 is 10.1 Å². The topological polar surface area (TPSA) is 41.5 Å². The van der Waals surface area contributed by atoms with E-state index in [1.165, 1.54) is 11.8 Å². The molecule has 2 unspecified atom stereocenters. The van der Waals surface area contributed by atoms with Gasteiger partial charge < -0.3 is 15.2 Å². The van der Waals surface area contributed by atoms with Crippen LogP contribution >= 0.6 is 23.4 Å². The van der Waals surface area contributed by atoms with E-state index in [0.717, 1.165) is 17.0 Å².